The molecule has 0 radical (unpaired) electrons. The lowest BCUT2D eigenvalue weighted by Gasteiger charge is -2.46. The number of nitrogens with one attached hydrogen (secondary N) is 2. The number of fused-ring (bicyclic) bond motifs is 3. The highest BCUT2D eigenvalue weighted by Crippen LogP contribution is 2.53. The summed E-state index contributed by atoms with van der Waals surface area (Å²) in [6, 6.07) is 8.55. The van der Waals surface area contributed by atoms with E-state index in [2.05, 4.69) is 34.6 Å². The lowest BCUT2D eigenvalue weighted by atomic mass is 9.65. The summed E-state index contributed by atoms with van der Waals surface area (Å²) in [5.41, 5.74) is 6.01. The Morgan fingerprint density at radius 1 is 1.02 bits per heavy atom. The number of aromatic hydroxyl groups is 3. The fourth-order valence-corrected chi connectivity index (χ4v) is 10.1. The lowest BCUT2D eigenvalue weighted by Crippen LogP contribution is -2.44. The first-order chi connectivity index (χ1) is 24.3. The van der Waals surface area contributed by atoms with Crippen LogP contribution in [-0.4, -0.2) is 62.4 Å². The van der Waals surface area contributed by atoms with Crippen LogP contribution in [0.15, 0.2) is 60.5 Å². The molecule has 1 saturated carbocycles. The third-order valence-corrected chi connectivity index (χ3v) is 12.6. The number of aromatic amines is 1. The molecule has 3 aromatic rings. The third kappa shape index (κ3) is 5.92. The van der Waals surface area contributed by atoms with Crippen LogP contribution in [0.5, 0.6) is 23.0 Å². The summed E-state index contributed by atoms with van der Waals surface area (Å²) in [6.45, 7) is 0.586. The molecule has 5 aliphatic rings. The summed E-state index contributed by atoms with van der Waals surface area (Å²) in [5, 5.41) is 58.9. The number of aromatic nitrogens is 1. The number of H-pyrrole nitrogens is 1. The van der Waals surface area contributed by atoms with Crippen molar-refractivity contribution in [3.05, 3.63) is 93.8 Å². The molecule has 9 atom stereocenters. The highest BCUT2D eigenvalue weighted by Gasteiger charge is 2.45. The van der Waals surface area contributed by atoms with E-state index in [1.165, 1.54) is 24.7 Å². The molecular weight excluding hydrogens is 632 g/mol. The highest BCUT2D eigenvalue weighted by molar-refractivity contribution is 5.64. The Bertz CT molecular complexity index is 1770. The van der Waals surface area contributed by atoms with Crippen LogP contribution in [0.1, 0.15) is 103 Å². The molecule has 7 N–H and O–H groups in total. The molecule has 2 saturated heterocycles. The quantitative estimate of drug-likeness (QED) is 0.113. The summed E-state index contributed by atoms with van der Waals surface area (Å²) in [4.78, 5) is 3.06. The molecule has 3 aliphatic carbocycles. The minimum absolute atomic E-state index is 0.0367. The zero-order valence-electron chi connectivity index (χ0n) is 28.7. The molecular formula is C41H50N2O7. The van der Waals surface area contributed by atoms with E-state index in [1.54, 1.807) is 0 Å². The fourth-order valence-electron chi connectivity index (χ4n) is 10.1. The summed E-state index contributed by atoms with van der Waals surface area (Å²) in [7, 11) is 1.44. The number of phenols is 3. The standard InChI is InChI=1S/C41H50N2O7/c1-49-41-31(14-22-11-13-42-20-22)38(32(21-44)39(47)40(41)48)37-19-35(46)28-9-7-24(18-36(28)50-37)23-8-10-34(45)30(15-23)27-6-2-4-25-17-33-26(16-29(25)27)5-3-12-43-33/h2,6,8,10-11,13,15-16,20,24-25,27-29,33,35-37,42-48H,3-5,7,9,12,14,17-19,21H2,1H3. The largest absolute Gasteiger partial charge is 0.508 e. The highest BCUT2D eigenvalue weighted by atomic mass is 16.5. The van der Waals surface area contributed by atoms with Gasteiger partial charge in [0.1, 0.15) is 5.75 Å². The Balaban J connectivity index is 1.08. The molecule has 0 spiro atoms. The van der Waals surface area contributed by atoms with Gasteiger partial charge in [0.05, 0.1) is 32.0 Å². The summed E-state index contributed by atoms with van der Waals surface area (Å²) < 4.78 is 12.5. The van der Waals surface area contributed by atoms with Gasteiger partial charge < -0.3 is 45.3 Å². The average Bonchev–Trinajstić information content (AvgIpc) is 3.65. The number of hydrogen-bond acceptors (Lipinski definition) is 8. The van der Waals surface area contributed by atoms with E-state index in [0.717, 1.165) is 49.8 Å². The number of piperidine rings is 1. The second kappa shape index (κ2) is 13.8. The number of phenolic OH excluding ortho intramolecular Hbond substituents is 2. The van der Waals surface area contributed by atoms with Gasteiger partial charge >= 0.3 is 0 Å². The smallest absolute Gasteiger partial charge is 0.201 e. The van der Waals surface area contributed by atoms with Gasteiger partial charge in [0.25, 0.3) is 0 Å². The number of benzene rings is 2. The van der Waals surface area contributed by atoms with Gasteiger partial charge in [0.2, 0.25) is 5.75 Å². The van der Waals surface area contributed by atoms with Crippen LogP contribution in [0.3, 0.4) is 0 Å². The Hall–Kier alpha value is -3.76. The zero-order chi connectivity index (χ0) is 34.5. The number of rotatable bonds is 7. The molecule has 1 aromatic heterocycles. The summed E-state index contributed by atoms with van der Waals surface area (Å²) in [6.07, 6.45) is 17.0. The minimum Gasteiger partial charge on any atom is -0.508 e. The molecule has 3 heterocycles. The van der Waals surface area contributed by atoms with Crippen molar-refractivity contribution < 1.29 is 35.0 Å². The van der Waals surface area contributed by atoms with E-state index in [0.29, 0.717) is 54.0 Å². The molecule has 9 unspecified atom stereocenters. The van der Waals surface area contributed by atoms with Gasteiger partial charge in [-0.05, 0) is 98.1 Å². The molecule has 0 bridgehead atoms. The molecule has 9 nitrogen and oxygen atoms in total. The number of aliphatic hydroxyl groups excluding tert-OH is 2. The number of hydrogen-bond donors (Lipinski definition) is 7. The van der Waals surface area contributed by atoms with Crippen molar-refractivity contribution in [2.45, 2.75) is 101 Å². The predicted molar refractivity (Wildman–Crippen MR) is 189 cm³/mol. The van der Waals surface area contributed by atoms with Crippen molar-refractivity contribution in [1.82, 2.24) is 10.3 Å². The first-order valence-electron chi connectivity index (χ1n) is 18.5. The van der Waals surface area contributed by atoms with E-state index in [4.69, 9.17) is 9.47 Å². The van der Waals surface area contributed by atoms with E-state index in [-0.39, 0.29) is 35.2 Å². The molecule has 8 rings (SSSR count). The van der Waals surface area contributed by atoms with Crippen LogP contribution >= 0.6 is 0 Å². The third-order valence-electron chi connectivity index (χ3n) is 12.6. The molecule has 50 heavy (non-hydrogen) atoms. The van der Waals surface area contributed by atoms with E-state index in [9.17, 15) is 25.5 Å². The van der Waals surface area contributed by atoms with Crippen LogP contribution < -0.4 is 10.1 Å². The van der Waals surface area contributed by atoms with Gasteiger partial charge in [0, 0.05) is 59.8 Å². The van der Waals surface area contributed by atoms with Crippen LogP contribution in [0, 0.1) is 17.8 Å². The Kier molecular flexibility index (Phi) is 9.18. The van der Waals surface area contributed by atoms with Crippen molar-refractivity contribution in [2.75, 3.05) is 13.7 Å². The Labute approximate surface area is 293 Å². The van der Waals surface area contributed by atoms with E-state index < -0.39 is 30.3 Å². The molecule has 0 amide bonds. The van der Waals surface area contributed by atoms with Gasteiger partial charge in [-0.25, -0.2) is 0 Å². The maximum Gasteiger partial charge on any atom is 0.201 e. The van der Waals surface area contributed by atoms with Gasteiger partial charge in [-0.15, -0.1) is 0 Å². The molecule has 266 valence electrons. The maximum absolute atomic E-state index is 11.6. The fraction of sp³-hybridized carbons (Fsp3) is 0.512. The van der Waals surface area contributed by atoms with Crippen molar-refractivity contribution in [3.63, 3.8) is 0 Å². The van der Waals surface area contributed by atoms with Crippen molar-refractivity contribution in [3.8, 4) is 23.0 Å². The van der Waals surface area contributed by atoms with E-state index >= 15 is 0 Å². The maximum atomic E-state index is 11.6. The van der Waals surface area contributed by atoms with Crippen LogP contribution in [0.2, 0.25) is 0 Å². The van der Waals surface area contributed by atoms with Crippen LogP contribution in [0.4, 0.5) is 0 Å². The van der Waals surface area contributed by atoms with Crippen LogP contribution in [0.25, 0.3) is 0 Å². The molecule has 2 aliphatic heterocycles. The second-order valence-electron chi connectivity index (χ2n) is 15.2. The van der Waals surface area contributed by atoms with Crippen LogP contribution in [-0.2, 0) is 17.8 Å². The number of aliphatic hydroxyl groups is 2. The Morgan fingerprint density at radius 2 is 1.90 bits per heavy atom. The molecule has 3 fully saturated rings. The second-order valence-corrected chi connectivity index (χ2v) is 15.2. The van der Waals surface area contributed by atoms with Gasteiger partial charge in [-0.1, -0.05) is 35.9 Å². The summed E-state index contributed by atoms with van der Waals surface area (Å²) in [5.74, 6) is 0.838. The van der Waals surface area contributed by atoms with Gasteiger partial charge in [0.15, 0.2) is 11.5 Å². The van der Waals surface area contributed by atoms with Gasteiger partial charge in [-0.3, -0.25) is 0 Å². The zero-order valence-corrected chi connectivity index (χ0v) is 28.7. The topological polar surface area (TPSA) is 147 Å². The average molecular weight is 683 g/mol. The number of ether oxygens (including phenoxy) is 2. The summed E-state index contributed by atoms with van der Waals surface area (Å²) >= 11 is 0. The lowest BCUT2D eigenvalue weighted by molar-refractivity contribution is -0.154. The van der Waals surface area contributed by atoms with E-state index in [1.807, 2.05) is 30.6 Å². The first kappa shape index (κ1) is 33.4. The normalized spacial score (nSPS) is 32.1. The van der Waals surface area contributed by atoms with Crippen molar-refractivity contribution >= 4 is 0 Å². The number of methoxy groups -OCH3 is 1. The number of allylic oxidation sites excluding steroid dienone is 3. The minimum atomic E-state index is -0.634. The van der Waals surface area contributed by atoms with Crippen molar-refractivity contribution in [2.24, 2.45) is 17.8 Å². The first-order valence-corrected chi connectivity index (χ1v) is 18.5. The Morgan fingerprint density at radius 3 is 2.70 bits per heavy atom. The molecule has 2 aromatic carbocycles. The predicted octanol–water partition coefficient (Wildman–Crippen LogP) is 6.36. The monoisotopic (exact) mass is 682 g/mol. The van der Waals surface area contributed by atoms with Crippen molar-refractivity contribution in [1.29, 1.82) is 0 Å². The van der Waals surface area contributed by atoms with Gasteiger partial charge in [-0.2, -0.15) is 0 Å². The molecule has 9 heteroatoms. The SMILES string of the molecule is COc1c(O)c(O)c(CO)c(C2CC(O)C3CCC(c4ccc(O)c(C5C=CCC6CC7NCCCC7=CC65)c4)CC3O2)c1Cc1cc[nH]c1.